The minimum absolute atomic E-state index is 0.430. The second-order valence-corrected chi connectivity index (χ2v) is 4.21. The number of hydrogen-bond donors (Lipinski definition) is 0. The summed E-state index contributed by atoms with van der Waals surface area (Å²) in [6, 6.07) is 4.81. The molecule has 0 fully saturated rings. The first-order valence-electron chi connectivity index (χ1n) is 6.57. The van der Waals surface area contributed by atoms with Crippen molar-refractivity contribution in [1.82, 2.24) is 0 Å². The van der Waals surface area contributed by atoms with Crippen molar-refractivity contribution in [3.63, 3.8) is 0 Å². The molecule has 107 valence electrons. The van der Waals surface area contributed by atoms with E-state index in [9.17, 15) is 9.59 Å². The molecular formula is C16H19O4. The summed E-state index contributed by atoms with van der Waals surface area (Å²) in [6.45, 7) is 2.05. The maximum absolute atomic E-state index is 10.9. The Morgan fingerprint density at radius 1 is 1.30 bits per heavy atom. The van der Waals surface area contributed by atoms with Crippen LogP contribution in [0.1, 0.15) is 36.5 Å². The van der Waals surface area contributed by atoms with Crippen molar-refractivity contribution in [2.24, 2.45) is 0 Å². The Labute approximate surface area is 119 Å². The fourth-order valence-electron chi connectivity index (χ4n) is 1.68. The number of ether oxygens (including phenoxy) is 2. The standard InChI is InChI=1S/C16H19O4/c1-3-4-5-6-7-14(12-18)20-15-9-8-13(11-17)10-16(15)19-2/h4-5,8-11,14H,3,6-7H2,1-2H3/b5-4-. The van der Waals surface area contributed by atoms with E-state index in [0.29, 0.717) is 23.5 Å². The molecule has 1 aromatic rings. The molecule has 0 N–H and O–H groups in total. The van der Waals surface area contributed by atoms with Gasteiger partial charge in [-0.2, -0.15) is 0 Å². The van der Waals surface area contributed by atoms with Crippen LogP contribution in [0.2, 0.25) is 0 Å². The average molecular weight is 275 g/mol. The summed E-state index contributed by atoms with van der Waals surface area (Å²) in [5.41, 5.74) is 0.492. The minimum Gasteiger partial charge on any atom is -0.493 e. The summed E-state index contributed by atoms with van der Waals surface area (Å²) >= 11 is 0. The first-order chi connectivity index (χ1) is 9.74. The minimum atomic E-state index is -0.646. The molecule has 0 saturated carbocycles. The van der Waals surface area contributed by atoms with Gasteiger partial charge in [-0.1, -0.05) is 19.1 Å². The molecule has 0 spiro atoms. The quantitative estimate of drug-likeness (QED) is 0.513. The van der Waals surface area contributed by atoms with Crippen molar-refractivity contribution >= 4 is 12.6 Å². The Kier molecular flexibility index (Phi) is 7.11. The summed E-state index contributed by atoms with van der Waals surface area (Å²) in [6.07, 6.45) is 8.29. The lowest BCUT2D eigenvalue weighted by Crippen LogP contribution is -2.18. The second kappa shape index (κ2) is 8.91. The maximum Gasteiger partial charge on any atom is 0.242 e. The zero-order chi connectivity index (χ0) is 14.8. The van der Waals surface area contributed by atoms with Crippen LogP contribution in [0.3, 0.4) is 0 Å². The molecule has 0 aliphatic rings. The summed E-state index contributed by atoms with van der Waals surface area (Å²) in [5.74, 6) is 0.866. The average Bonchev–Trinajstić information content (AvgIpc) is 2.50. The van der Waals surface area contributed by atoms with Gasteiger partial charge in [0.05, 0.1) is 7.11 Å². The van der Waals surface area contributed by atoms with Crippen molar-refractivity contribution in [2.75, 3.05) is 7.11 Å². The van der Waals surface area contributed by atoms with E-state index in [1.54, 1.807) is 18.2 Å². The van der Waals surface area contributed by atoms with Crippen LogP contribution >= 0.6 is 0 Å². The number of carbonyl (C=O) groups is 1. The van der Waals surface area contributed by atoms with E-state index in [-0.39, 0.29) is 0 Å². The molecule has 1 radical (unpaired) electrons. The molecule has 0 saturated heterocycles. The Hall–Kier alpha value is -2.10. The van der Waals surface area contributed by atoms with E-state index in [1.165, 1.54) is 7.11 Å². The molecular weight excluding hydrogens is 256 g/mol. The fraction of sp³-hybridized carbons (Fsp3) is 0.375. The number of carbonyl (C=O) groups excluding carboxylic acids is 2. The SMILES string of the molecule is CC/C=C\CCC([C]=O)Oc1ccc(C=O)cc1OC. The smallest absolute Gasteiger partial charge is 0.242 e. The highest BCUT2D eigenvalue weighted by Gasteiger charge is 2.13. The van der Waals surface area contributed by atoms with Crippen LogP contribution in [-0.4, -0.2) is 25.8 Å². The molecule has 0 aromatic heterocycles. The number of hydrogen-bond acceptors (Lipinski definition) is 4. The van der Waals surface area contributed by atoms with Crippen LogP contribution in [0.4, 0.5) is 0 Å². The van der Waals surface area contributed by atoms with Gasteiger partial charge in [-0.15, -0.1) is 0 Å². The zero-order valence-corrected chi connectivity index (χ0v) is 11.8. The molecule has 0 bridgehead atoms. The van der Waals surface area contributed by atoms with E-state index >= 15 is 0 Å². The predicted octanol–water partition coefficient (Wildman–Crippen LogP) is 3.11. The topological polar surface area (TPSA) is 52.6 Å². The van der Waals surface area contributed by atoms with Crippen LogP contribution in [-0.2, 0) is 4.79 Å². The molecule has 4 heteroatoms. The molecule has 0 amide bonds. The van der Waals surface area contributed by atoms with E-state index in [1.807, 2.05) is 18.4 Å². The lowest BCUT2D eigenvalue weighted by molar-refractivity contribution is 0.112. The molecule has 0 aliphatic carbocycles. The molecule has 1 unspecified atom stereocenters. The van der Waals surface area contributed by atoms with Crippen LogP contribution < -0.4 is 9.47 Å². The molecule has 0 aliphatic heterocycles. The number of rotatable bonds is 9. The van der Waals surface area contributed by atoms with E-state index in [2.05, 4.69) is 6.92 Å². The van der Waals surface area contributed by atoms with Gasteiger partial charge in [0, 0.05) is 5.56 Å². The normalized spacial score (nSPS) is 12.1. The van der Waals surface area contributed by atoms with Gasteiger partial charge < -0.3 is 9.47 Å². The highest BCUT2D eigenvalue weighted by atomic mass is 16.5. The van der Waals surface area contributed by atoms with Gasteiger partial charge in [-0.05, 0) is 37.5 Å². The van der Waals surface area contributed by atoms with E-state index < -0.39 is 6.10 Å². The molecule has 0 heterocycles. The lowest BCUT2D eigenvalue weighted by Gasteiger charge is -2.15. The van der Waals surface area contributed by atoms with Crippen molar-refractivity contribution in [3.05, 3.63) is 35.9 Å². The summed E-state index contributed by atoms with van der Waals surface area (Å²) in [7, 11) is 1.49. The van der Waals surface area contributed by atoms with Gasteiger partial charge in [0.1, 0.15) is 6.29 Å². The summed E-state index contributed by atoms with van der Waals surface area (Å²) in [5, 5.41) is 0. The van der Waals surface area contributed by atoms with E-state index in [4.69, 9.17) is 9.47 Å². The third kappa shape index (κ3) is 4.88. The Morgan fingerprint density at radius 3 is 2.70 bits per heavy atom. The van der Waals surface area contributed by atoms with Crippen LogP contribution in [0, 0.1) is 0 Å². The molecule has 1 aromatic carbocycles. The monoisotopic (exact) mass is 275 g/mol. The van der Waals surface area contributed by atoms with Crippen LogP contribution in [0.5, 0.6) is 11.5 Å². The highest BCUT2D eigenvalue weighted by molar-refractivity contribution is 5.76. The molecule has 1 atom stereocenters. The second-order valence-electron chi connectivity index (χ2n) is 4.21. The van der Waals surface area contributed by atoms with Gasteiger partial charge in [0.25, 0.3) is 0 Å². The predicted molar refractivity (Wildman–Crippen MR) is 77.2 cm³/mol. The van der Waals surface area contributed by atoms with Crippen molar-refractivity contribution in [1.29, 1.82) is 0 Å². The van der Waals surface area contributed by atoms with Gasteiger partial charge in [0.15, 0.2) is 17.6 Å². The first kappa shape index (κ1) is 16.0. The number of benzene rings is 1. The molecule has 1 rings (SSSR count). The number of allylic oxidation sites excluding steroid dienone is 2. The summed E-state index contributed by atoms with van der Waals surface area (Å²) in [4.78, 5) is 21.6. The number of methoxy groups -OCH3 is 1. The molecule has 4 nitrogen and oxygen atoms in total. The maximum atomic E-state index is 10.9. The van der Waals surface area contributed by atoms with Crippen molar-refractivity contribution < 1.29 is 19.1 Å². The number of aldehydes is 1. The Balaban J connectivity index is 2.71. The first-order valence-corrected chi connectivity index (χ1v) is 6.57. The fourth-order valence-corrected chi connectivity index (χ4v) is 1.68. The van der Waals surface area contributed by atoms with E-state index in [0.717, 1.165) is 19.1 Å². The highest BCUT2D eigenvalue weighted by Crippen LogP contribution is 2.28. The zero-order valence-electron chi connectivity index (χ0n) is 11.8. The Bertz CT molecular complexity index is 466. The third-order valence-corrected chi connectivity index (χ3v) is 2.72. The van der Waals surface area contributed by atoms with Gasteiger partial charge >= 0.3 is 0 Å². The van der Waals surface area contributed by atoms with Crippen molar-refractivity contribution in [3.8, 4) is 11.5 Å². The van der Waals surface area contributed by atoms with Crippen LogP contribution in [0.25, 0.3) is 0 Å². The van der Waals surface area contributed by atoms with Gasteiger partial charge in [0.2, 0.25) is 6.29 Å². The van der Waals surface area contributed by atoms with Gasteiger partial charge in [-0.3, -0.25) is 9.59 Å². The van der Waals surface area contributed by atoms with Gasteiger partial charge in [-0.25, -0.2) is 0 Å². The lowest BCUT2D eigenvalue weighted by atomic mass is 10.2. The largest absolute Gasteiger partial charge is 0.493 e. The third-order valence-electron chi connectivity index (χ3n) is 2.72. The van der Waals surface area contributed by atoms with Crippen molar-refractivity contribution in [2.45, 2.75) is 32.3 Å². The Morgan fingerprint density at radius 2 is 2.10 bits per heavy atom. The molecule has 20 heavy (non-hydrogen) atoms. The summed E-state index contributed by atoms with van der Waals surface area (Å²) < 4.78 is 10.7. The van der Waals surface area contributed by atoms with Crippen LogP contribution in [0.15, 0.2) is 30.4 Å².